The van der Waals surface area contributed by atoms with Crippen molar-refractivity contribution in [2.75, 3.05) is 26.9 Å². The summed E-state index contributed by atoms with van der Waals surface area (Å²) in [7, 11) is 1.68. The quantitative estimate of drug-likeness (QED) is 0.283. The maximum Gasteiger partial charge on any atom is 0.191 e. The summed E-state index contributed by atoms with van der Waals surface area (Å²) in [5.41, 5.74) is 3.51. The van der Waals surface area contributed by atoms with E-state index in [9.17, 15) is 0 Å². The topological polar surface area (TPSA) is 64.1 Å². The molecule has 0 atom stereocenters. The number of methoxy groups -OCH3 is 1. The van der Waals surface area contributed by atoms with E-state index < -0.39 is 0 Å². The van der Waals surface area contributed by atoms with Gasteiger partial charge in [0, 0.05) is 26.3 Å². The van der Waals surface area contributed by atoms with Gasteiger partial charge in [0.1, 0.15) is 5.75 Å². The molecule has 0 spiro atoms. The van der Waals surface area contributed by atoms with Crippen molar-refractivity contribution in [1.29, 1.82) is 0 Å². The summed E-state index contributed by atoms with van der Waals surface area (Å²) in [4.78, 5) is 4.68. The molecule has 1 fully saturated rings. The number of halogens is 1. The summed E-state index contributed by atoms with van der Waals surface area (Å²) in [5.74, 6) is 1.65. The van der Waals surface area contributed by atoms with Crippen LogP contribution in [0, 0.1) is 0 Å². The normalized spacial score (nSPS) is 14.6. The van der Waals surface area contributed by atoms with Crippen molar-refractivity contribution in [3.63, 3.8) is 0 Å². The van der Waals surface area contributed by atoms with Crippen LogP contribution in [0.4, 0.5) is 0 Å². The first-order chi connectivity index (χ1) is 14.8. The Morgan fingerprint density at radius 1 is 1.03 bits per heavy atom. The lowest BCUT2D eigenvalue weighted by Gasteiger charge is -2.22. The molecule has 0 unspecified atom stereocenters. The van der Waals surface area contributed by atoms with Crippen LogP contribution in [0.3, 0.4) is 0 Å². The fraction of sp³-hybridized carbons (Fsp3) is 0.458. The van der Waals surface area contributed by atoms with Crippen LogP contribution in [0.2, 0.25) is 0 Å². The number of aliphatic imine (C=N–C) groups is 1. The Hall–Kier alpha value is -1.84. The average Bonchev–Trinajstić information content (AvgIpc) is 2.81. The van der Waals surface area contributed by atoms with Crippen LogP contribution >= 0.6 is 24.0 Å². The maximum absolute atomic E-state index is 6.00. The van der Waals surface area contributed by atoms with Gasteiger partial charge < -0.3 is 24.8 Å². The maximum atomic E-state index is 6.00. The molecule has 1 aliphatic heterocycles. The second-order valence-corrected chi connectivity index (χ2v) is 7.34. The summed E-state index contributed by atoms with van der Waals surface area (Å²) < 4.78 is 16.7. The molecule has 1 saturated heterocycles. The molecule has 2 aromatic rings. The zero-order valence-corrected chi connectivity index (χ0v) is 20.8. The van der Waals surface area contributed by atoms with Crippen LogP contribution in [0.1, 0.15) is 36.5 Å². The highest BCUT2D eigenvalue weighted by molar-refractivity contribution is 14.0. The lowest BCUT2D eigenvalue weighted by molar-refractivity contribution is -0.0390. The predicted molar refractivity (Wildman–Crippen MR) is 135 cm³/mol. The van der Waals surface area contributed by atoms with Crippen molar-refractivity contribution in [1.82, 2.24) is 10.6 Å². The Balaban J connectivity index is 0.00000341. The molecular weight excluding hydrogens is 505 g/mol. The number of guanidine groups is 1. The Morgan fingerprint density at radius 3 is 2.48 bits per heavy atom. The van der Waals surface area contributed by atoms with Gasteiger partial charge in [-0.2, -0.15) is 0 Å². The van der Waals surface area contributed by atoms with E-state index in [0.717, 1.165) is 49.9 Å². The number of rotatable bonds is 9. The number of nitrogens with zero attached hydrogens (tertiary/aromatic N) is 1. The second-order valence-electron chi connectivity index (χ2n) is 7.34. The minimum atomic E-state index is 0. The van der Waals surface area contributed by atoms with E-state index in [0.29, 0.717) is 25.8 Å². The molecule has 170 valence electrons. The standard InChI is InChI=1S/C24H33N3O3.HI/c1-3-25-24(27-17-21-5-4-6-23(15-21)28-2)26-16-19-7-9-20(10-8-19)18-30-22-11-13-29-14-12-22;/h4-10,15,22H,3,11-14,16-18H2,1-2H3,(H2,25,26,27);1H. The number of hydrogen-bond acceptors (Lipinski definition) is 4. The third-order valence-electron chi connectivity index (χ3n) is 5.04. The number of hydrogen-bond donors (Lipinski definition) is 2. The van der Waals surface area contributed by atoms with Crippen molar-refractivity contribution < 1.29 is 14.2 Å². The molecule has 3 rings (SSSR count). The van der Waals surface area contributed by atoms with Gasteiger partial charge in [-0.05, 0) is 48.6 Å². The van der Waals surface area contributed by atoms with Crippen molar-refractivity contribution in [3.8, 4) is 5.75 Å². The Morgan fingerprint density at radius 2 is 1.77 bits per heavy atom. The van der Waals surface area contributed by atoms with Crippen LogP contribution in [0.25, 0.3) is 0 Å². The van der Waals surface area contributed by atoms with Gasteiger partial charge in [-0.15, -0.1) is 24.0 Å². The number of ether oxygens (including phenoxy) is 3. The molecule has 6 nitrogen and oxygen atoms in total. The Kier molecular flexibility index (Phi) is 11.7. The summed E-state index contributed by atoms with van der Waals surface area (Å²) in [5, 5.41) is 6.70. The van der Waals surface area contributed by atoms with E-state index >= 15 is 0 Å². The van der Waals surface area contributed by atoms with E-state index in [-0.39, 0.29) is 24.0 Å². The van der Waals surface area contributed by atoms with Gasteiger partial charge in [0.15, 0.2) is 5.96 Å². The molecule has 2 aromatic carbocycles. The van der Waals surface area contributed by atoms with E-state index in [1.807, 2.05) is 18.2 Å². The molecule has 31 heavy (non-hydrogen) atoms. The smallest absolute Gasteiger partial charge is 0.191 e. The van der Waals surface area contributed by atoms with Gasteiger partial charge in [0.05, 0.1) is 26.4 Å². The van der Waals surface area contributed by atoms with Gasteiger partial charge >= 0.3 is 0 Å². The molecule has 0 radical (unpaired) electrons. The van der Waals surface area contributed by atoms with Crippen LogP contribution in [-0.2, 0) is 29.2 Å². The van der Waals surface area contributed by atoms with Gasteiger partial charge in [-0.3, -0.25) is 0 Å². The molecule has 0 aromatic heterocycles. The number of benzene rings is 2. The van der Waals surface area contributed by atoms with Gasteiger partial charge in [-0.1, -0.05) is 36.4 Å². The van der Waals surface area contributed by atoms with E-state index in [4.69, 9.17) is 14.2 Å². The largest absolute Gasteiger partial charge is 0.497 e. The average molecular weight is 539 g/mol. The third kappa shape index (κ3) is 9.04. The third-order valence-corrected chi connectivity index (χ3v) is 5.04. The zero-order valence-electron chi connectivity index (χ0n) is 18.4. The highest BCUT2D eigenvalue weighted by atomic mass is 127. The van der Waals surface area contributed by atoms with Crippen LogP contribution in [-0.4, -0.2) is 38.9 Å². The van der Waals surface area contributed by atoms with E-state index in [1.165, 1.54) is 11.1 Å². The van der Waals surface area contributed by atoms with Crippen LogP contribution in [0.15, 0.2) is 53.5 Å². The predicted octanol–water partition coefficient (Wildman–Crippen LogP) is 4.26. The van der Waals surface area contributed by atoms with Crippen LogP contribution < -0.4 is 15.4 Å². The van der Waals surface area contributed by atoms with Crippen molar-refractivity contribution in [2.24, 2.45) is 4.99 Å². The Labute approximate surface area is 202 Å². The summed E-state index contributed by atoms with van der Waals surface area (Å²) in [6, 6.07) is 16.5. The molecule has 1 heterocycles. The van der Waals surface area contributed by atoms with Gasteiger partial charge in [0.2, 0.25) is 0 Å². The fourth-order valence-corrected chi connectivity index (χ4v) is 3.28. The SMILES string of the molecule is CCNC(=NCc1cccc(OC)c1)NCc1ccc(COC2CCOCC2)cc1.I. The lowest BCUT2D eigenvalue weighted by Crippen LogP contribution is -2.36. The van der Waals surface area contributed by atoms with E-state index in [1.54, 1.807) is 7.11 Å². The first-order valence-electron chi connectivity index (χ1n) is 10.7. The first kappa shape index (κ1) is 25.4. The highest BCUT2D eigenvalue weighted by Crippen LogP contribution is 2.15. The molecule has 7 heteroatoms. The van der Waals surface area contributed by atoms with Crippen molar-refractivity contribution >= 4 is 29.9 Å². The molecule has 0 saturated carbocycles. The molecule has 0 amide bonds. The highest BCUT2D eigenvalue weighted by Gasteiger charge is 2.13. The van der Waals surface area contributed by atoms with E-state index in [2.05, 4.69) is 52.9 Å². The minimum Gasteiger partial charge on any atom is -0.497 e. The Bertz CT molecular complexity index is 793. The number of nitrogens with one attached hydrogen (secondary N) is 2. The minimum absolute atomic E-state index is 0. The second kappa shape index (κ2) is 14.3. The zero-order chi connectivity index (χ0) is 21.0. The van der Waals surface area contributed by atoms with Crippen molar-refractivity contribution in [3.05, 3.63) is 65.2 Å². The summed E-state index contributed by atoms with van der Waals surface area (Å²) in [6.07, 6.45) is 2.30. The molecular formula is C24H34IN3O3. The van der Waals surface area contributed by atoms with Crippen LogP contribution in [0.5, 0.6) is 5.75 Å². The fourth-order valence-electron chi connectivity index (χ4n) is 3.28. The molecule has 1 aliphatic rings. The molecule has 0 aliphatic carbocycles. The lowest BCUT2D eigenvalue weighted by atomic mass is 10.1. The summed E-state index contributed by atoms with van der Waals surface area (Å²) in [6.45, 7) is 6.46. The first-order valence-corrected chi connectivity index (χ1v) is 10.7. The summed E-state index contributed by atoms with van der Waals surface area (Å²) >= 11 is 0. The molecule has 0 bridgehead atoms. The monoisotopic (exact) mass is 539 g/mol. The van der Waals surface area contributed by atoms with Gasteiger partial charge in [-0.25, -0.2) is 4.99 Å². The molecule has 2 N–H and O–H groups in total. The van der Waals surface area contributed by atoms with Crippen molar-refractivity contribution in [2.45, 2.75) is 45.6 Å². The van der Waals surface area contributed by atoms with Gasteiger partial charge in [0.25, 0.3) is 0 Å².